The van der Waals surface area contributed by atoms with E-state index in [2.05, 4.69) is 14.9 Å². The molecule has 23 heavy (non-hydrogen) atoms. The molecule has 7 heteroatoms. The Morgan fingerprint density at radius 3 is 2.57 bits per heavy atom. The summed E-state index contributed by atoms with van der Waals surface area (Å²) in [6.07, 6.45) is 4.85. The van der Waals surface area contributed by atoms with E-state index in [9.17, 15) is 13.2 Å². The second-order valence-electron chi connectivity index (χ2n) is 6.01. The number of nitrogens with zero attached hydrogens (tertiary/aromatic N) is 1. The van der Waals surface area contributed by atoms with Crippen molar-refractivity contribution in [3.8, 4) is 0 Å². The number of sulfonamides is 1. The van der Waals surface area contributed by atoms with Crippen molar-refractivity contribution in [3.63, 3.8) is 0 Å². The molecule has 1 aromatic rings. The van der Waals surface area contributed by atoms with Crippen LogP contribution < -0.4 is 10.0 Å². The van der Waals surface area contributed by atoms with Crippen molar-refractivity contribution < 1.29 is 13.2 Å². The van der Waals surface area contributed by atoms with Crippen molar-refractivity contribution in [2.45, 2.75) is 26.2 Å². The third-order valence-electron chi connectivity index (χ3n) is 4.04. The topological polar surface area (TPSA) is 78.5 Å². The molecule has 0 bridgehead atoms. The molecule has 2 rings (SSSR count). The van der Waals surface area contributed by atoms with Gasteiger partial charge in [-0.2, -0.15) is 0 Å². The summed E-state index contributed by atoms with van der Waals surface area (Å²) in [6.45, 7) is 5.40. The number of likely N-dealkylation sites (tertiary alicyclic amines) is 1. The fourth-order valence-corrected chi connectivity index (χ4v) is 3.42. The molecule has 6 nitrogen and oxygen atoms in total. The van der Waals surface area contributed by atoms with E-state index >= 15 is 0 Å². The molecule has 1 fully saturated rings. The van der Waals surface area contributed by atoms with Gasteiger partial charge in [-0.15, -0.1) is 0 Å². The second-order valence-corrected chi connectivity index (χ2v) is 7.76. The van der Waals surface area contributed by atoms with Crippen molar-refractivity contribution in [1.29, 1.82) is 0 Å². The Bertz CT molecular complexity index is 653. The third-order valence-corrected chi connectivity index (χ3v) is 4.63. The number of carbonyl (C=O) groups is 1. The van der Waals surface area contributed by atoms with Gasteiger partial charge in [0.15, 0.2) is 0 Å². The predicted molar refractivity (Wildman–Crippen MR) is 92.3 cm³/mol. The minimum absolute atomic E-state index is 0.170. The highest BCUT2D eigenvalue weighted by molar-refractivity contribution is 7.92. The second kappa shape index (κ2) is 7.79. The Morgan fingerprint density at radius 2 is 1.91 bits per heavy atom. The van der Waals surface area contributed by atoms with Crippen molar-refractivity contribution in [3.05, 3.63) is 29.3 Å². The SMILES string of the molecule is Cc1c(NS(C)(=O)=O)cccc1C(=O)NCCN1CCCCC1. The number of benzene rings is 1. The Hall–Kier alpha value is -1.60. The average Bonchev–Trinajstić information content (AvgIpc) is 2.49. The van der Waals surface area contributed by atoms with Crippen LogP contribution in [-0.4, -0.2) is 51.7 Å². The molecule has 2 N–H and O–H groups in total. The van der Waals surface area contributed by atoms with E-state index in [0.29, 0.717) is 23.4 Å². The molecule has 0 unspecified atom stereocenters. The molecule has 0 radical (unpaired) electrons. The summed E-state index contributed by atoms with van der Waals surface area (Å²) in [6, 6.07) is 5.04. The molecular formula is C16H25N3O3S. The maximum absolute atomic E-state index is 12.3. The molecule has 128 valence electrons. The van der Waals surface area contributed by atoms with Gasteiger partial charge < -0.3 is 10.2 Å². The lowest BCUT2D eigenvalue weighted by molar-refractivity contribution is 0.0946. The molecule has 0 spiro atoms. The first-order chi connectivity index (χ1) is 10.9. The molecule has 1 aromatic carbocycles. The molecule has 0 saturated carbocycles. The first-order valence-corrected chi connectivity index (χ1v) is 9.84. The summed E-state index contributed by atoms with van der Waals surface area (Å²) < 4.78 is 25.2. The maximum atomic E-state index is 12.3. The molecule has 1 aliphatic rings. The van der Waals surface area contributed by atoms with Crippen molar-refractivity contribution in [2.75, 3.05) is 37.2 Å². The van der Waals surface area contributed by atoms with E-state index in [1.165, 1.54) is 19.3 Å². The first-order valence-electron chi connectivity index (χ1n) is 7.95. The minimum Gasteiger partial charge on any atom is -0.351 e. The zero-order chi connectivity index (χ0) is 16.9. The van der Waals surface area contributed by atoms with Crippen LogP contribution in [0.4, 0.5) is 5.69 Å². The molecule has 0 aromatic heterocycles. The Morgan fingerprint density at radius 1 is 1.22 bits per heavy atom. The fraction of sp³-hybridized carbons (Fsp3) is 0.562. The van der Waals surface area contributed by atoms with Crippen LogP contribution in [-0.2, 0) is 10.0 Å². The summed E-state index contributed by atoms with van der Waals surface area (Å²) in [5, 5.41) is 2.92. The van der Waals surface area contributed by atoms with Crippen LogP contribution in [0.2, 0.25) is 0 Å². The van der Waals surface area contributed by atoms with Gasteiger partial charge in [0.25, 0.3) is 5.91 Å². The van der Waals surface area contributed by atoms with Gasteiger partial charge in [-0.3, -0.25) is 9.52 Å². The van der Waals surface area contributed by atoms with Crippen molar-refractivity contribution >= 4 is 21.6 Å². The number of amides is 1. The number of hydrogen-bond donors (Lipinski definition) is 2. The maximum Gasteiger partial charge on any atom is 0.251 e. The van der Waals surface area contributed by atoms with Crippen LogP contribution in [0.1, 0.15) is 35.2 Å². The summed E-state index contributed by atoms with van der Waals surface area (Å²) in [5.74, 6) is -0.170. The van der Waals surface area contributed by atoms with E-state index in [4.69, 9.17) is 0 Å². The summed E-state index contributed by atoms with van der Waals surface area (Å²) >= 11 is 0. The van der Waals surface area contributed by atoms with Gasteiger partial charge in [0.2, 0.25) is 10.0 Å². The van der Waals surface area contributed by atoms with Gasteiger partial charge in [0.05, 0.1) is 11.9 Å². The predicted octanol–water partition coefficient (Wildman–Crippen LogP) is 1.58. The van der Waals surface area contributed by atoms with Crippen molar-refractivity contribution in [1.82, 2.24) is 10.2 Å². The van der Waals surface area contributed by atoms with Gasteiger partial charge in [0.1, 0.15) is 0 Å². The van der Waals surface area contributed by atoms with Gasteiger partial charge in [0, 0.05) is 18.7 Å². The van der Waals surface area contributed by atoms with E-state index < -0.39 is 10.0 Å². The van der Waals surface area contributed by atoms with Crippen molar-refractivity contribution in [2.24, 2.45) is 0 Å². The monoisotopic (exact) mass is 339 g/mol. The lowest BCUT2D eigenvalue weighted by Crippen LogP contribution is -2.37. The number of nitrogens with one attached hydrogen (secondary N) is 2. The van der Waals surface area contributed by atoms with Crippen LogP contribution >= 0.6 is 0 Å². The zero-order valence-corrected chi connectivity index (χ0v) is 14.6. The first kappa shape index (κ1) is 17.7. The van der Waals surface area contributed by atoms with Crippen LogP contribution in [0.3, 0.4) is 0 Å². The highest BCUT2D eigenvalue weighted by Crippen LogP contribution is 2.19. The Kier molecular flexibility index (Phi) is 6.01. The number of anilines is 1. The summed E-state index contributed by atoms with van der Waals surface area (Å²) in [7, 11) is -3.36. The largest absolute Gasteiger partial charge is 0.351 e. The number of piperidine rings is 1. The summed E-state index contributed by atoms with van der Waals surface area (Å²) in [5.41, 5.74) is 1.57. The molecule has 1 aliphatic heterocycles. The number of rotatable bonds is 6. The van der Waals surface area contributed by atoms with Gasteiger partial charge in [-0.25, -0.2) is 8.42 Å². The normalized spacial score (nSPS) is 16.1. The minimum atomic E-state index is -3.36. The van der Waals surface area contributed by atoms with E-state index in [1.54, 1.807) is 25.1 Å². The third kappa shape index (κ3) is 5.51. The zero-order valence-electron chi connectivity index (χ0n) is 13.8. The highest BCUT2D eigenvalue weighted by Gasteiger charge is 2.14. The number of hydrogen-bond acceptors (Lipinski definition) is 4. The Balaban J connectivity index is 1.94. The van der Waals surface area contributed by atoms with E-state index in [-0.39, 0.29) is 5.91 Å². The molecule has 1 amide bonds. The van der Waals surface area contributed by atoms with Crippen LogP contribution in [0.25, 0.3) is 0 Å². The highest BCUT2D eigenvalue weighted by atomic mass is 32.2. The average molecular weight is 339 g/mol. The lowest BCUT2D eigenvalue weighted by Gasteiger charge is -2.26. The molecule has 0 atom stereocenters. The fourth-order valence-electron chi connectivity index (χ4n) is 2.80. The van der Waals surface area contributed by atoms with Gasteiger partial charge in [-0.1, -0.05) is 12.5 Å². The van der Waals surface area contributed by atoms with Gasteiger partial charge >= 0.3 is 0 Å². The Labute approximate surface area is 138 Å². The van der Waals surface area contributed by atoms with Crippen LogP contribution in [0, 0.1) is 6.92 Å². The molecule has 1 heterocycles. The van der Waals surface area contributed by atoms with E-state index in [0.717, 1.165) is 25.9 Å². The molecular weight excluding hydrogens is 314 g/mol. The lowest BCUT2D eigenvalue weighted by atomic mass is 10.1. The van der Waals surface area contributed by atoms with E-state index in [1.807, 2.05) is 0 Å². The number of carbonyl (C=O) groups excluding carboxylic acids is 1. The quantitative estimate of drug-likeness (QED) is 0.825. The smallest absolute Gasteiger partial charge is 0.251 e. The molecule has 1 saturated heterocycles. The summed E-state index contributed by atoms with van der Waals surface area (Å²) in [4.78, 5) is 14.7. The van der Waals surface area contributed by atoms with Crippen LogP contribution in [0.5, 0.6) is 0 Å². The standard InChI is InChI=1S/C16H25N3O3S/c1-13-14(7-6-8-15(13)18-23(2,21)22)16(20)17-9-12-19-10-4-3-5-11-19/h6-8,18H,3-5,9-12H2,1-2H3,(H,17,20). The molecule has 0 aliphatic carbocycles. The van der Waals surface area contributed by atoms with Gasteiger partial charge in [-0.05, 0) is 50.6 Å². The van der Waals surface area contributed by atoms with Crippen LogP contribution in [0.15, 0.2) is 18.2 Å².